The molecule has 2 nitrogen and oxygen atoms in total. The van der Waals surface area contributed by atoms with Crippen LogP contribution in [0.25, 0.3) is 10.8 Å². The second-order valence-electron chi connectivity index (χ2n) is 2.79. The van der Waals surface area contributed by atoms with Gasteiger partial charge in [-0.3, -0.25) is 4.98 Å². The highest BCUT2D eigenvalue weighted by Crippen LogP contribution is 2.27. The molecule has 0 amide bonds. The standard InChI is InChI=1S/C10H4BrIN2/c11-9-5-14-4-8-7(9)1-6(3-13)2-10(8)12/h1-2,4-5H. The Morgan fingerprint density at radius 3 is 2.79 bits per heavy atom. The first-order valence-corrected chi connectivity index (χ1v) is 5.72. The number of nitrogens with zero attached hydrogens (tertiary/aromatic N) is 2. The molecular weight excluding hydrogens is 355 g/mol. The van der Waals surface area contributed by atoms with E-state index >= 15 is 0 Å². The van der Waals surface area contributed by atoms with Crippen molar-refractivity contribution in [3.63, 3.8) is 0 Å². The van der Waals surface area contributed by atoms with Gasteiger partial charge in [-0.1, -0.05) is 0 Å². The summed E-state index contributed by atoms with van der Waals surface area (Å²) in [5.41, 5.74) is 0.675. The number of hydrogen-bond donors (Lipinski definition) is 0. The minimum Gasteiger partial charge on any atom is -0.263 e. The van der Waals surface area contributed by atoms with Crippen LogP contribution in [0.5, 0.6) is 0 Å². The number of nitriles is 1. The summed E-state index contributed by atoms with van der Waals surface area (Å²) < 4.78 is 1.97. The second kappa shape index (κ2) is 3.83. The van der Waals surface area contributed by atoms with Crippen LogP contribution in [0.3, 0.4) is 0 Å². The monoisotopic (exact) mass is 358 g/mol. The number of fused-ring (bicyclic) bond motifs is 1. The van der Waals surface area contributed by atoms with E-state index < -0.39 is 0 Å². The van der Waals surface area contributed by atoms with Gasteiger partial charge in [0.05, 0.1) is 11.6 Å². The van der Waals surface area contributed by atoms with E-state index in [1.807, 2.05) is 18.3 Å². The lowest BCUT2D eigenvalue weighted by Gasteiger charge is -2.02. The Labute approximate surface area is 103 Å². The number of pyridine rings is 1. The van der Waals surface area contributed by atoms with Crippen LogP contribution in [-0.4, -0.2) is 4.98 Å². The zero-order valence-electron chi connectivity index (χ0n) is 6.96. The summed E-state index contributed by atoms with van der Waals surface area (Å²) in [4.78, 5) is 4.09. The normalized spacial score (nSPS) is 10.1. The number of aromatic nitrogens is 1. The zero-order valence-corrected chi connectivity index (χ0v) is 10.7. The first kappa shape index (κ1) is 9.87. The van der Waals surface area contributed by atoms with Crippen molar-refractivity contribution < 1.29 is 0 Å². The highest BCUT2D eigenvalue weighted by Gasteiger charge is 2.04. The van der Waals surface area contributed by atoms with Crippen molar-refractivity contribution >= 4 is 49.3 Å². The molecule has 1 aromatic carbocycles. The second-order valence-corrected chi connectivity index (χ2v) is 4.80. The van der Waals surface area contributed by atoms with Crippen LogP contribution in [-0.2, 0) is 0 Å². The quantitative estimate of drug-likeness (QED) is 0.676. The fourth-order valence-electron chi connectivity index (χ4n) is 1.26. The van der Waals surface area contributed by atoms with Gasteiger partial charge in [-0.25, -0.2) is 0 Å². The molecule has 0 aliphatic heterocycles. The molecule has 0 unspecified atom stereocenters. The molecule has 0 saturated carbocycles. The van der Waals surface area contributed by atoms with E-state index in [1.54, 1.807) is 6.20 Å². The topological polar surface area (TPSA) is 36.7 Å². The number of rotatable bonds is 0. The predicted octanol–water partition coefficient (Wildman–Crippen LogP) is 3.47. The van der Waals surface area contributed by atoms with Gasteiger partial charge in [0.25, 0.3) is 0 Å². The summed E-state index contributed by atoms with van der Waals surface area (Å²) in [5, 5.41) is 10.9. The lowest BCUT2D eigenvalue weighted by molar-refractivity contribution is 1.34. The number of benzene rings is 1. The molecule has 68 valence electrons. The highest BCUT2D eigenvalue weighted by atomic mass is 127. The van der Waals surface area contributed by atoms with Crippen LogP contribution >= 0.6 is 38.5 Å². The van der Waals surface area contributed by atoms with Crippen molar-refractivity contribution in [3.8, 4) is 6.07 Å². The molecule has 2 aromatic rings. The van der Waals surface area contributed by atoms with Crippen LogP contribution in [0.4, 0.5) is 0 Å². The summed E-state index contributed by atoms with van der Waals surface area (Å²) in [5.74, 6) is 0. The van der Waals surface area contributed by atoms with E-state index in [1.165, 1.54) is 0 Å². The van der Waals surface area contributed by atoms with Gasteiger partial charge < -0.3 is 0 Å². The van der Waals surface area contributed by atoms with E-state index in [0.717, 1.165) is 18.8 Å². The molecule has 0 aliphatic rings. The Morgan fingerprint density at radius 1 is 1.29 bits per heavy atom. The summed E-state index contributed by atoms with van der Waals surface area (Å²) >= 11 is 5.63. The van der Waals surface area contributed by atoms with Gasteiger partial charge in [0.2, 0.25) is 0 Å². The molecule has 4 heteroatoms. The molecule has 14 heavy (non-hydrogen) atoms. The summed E-state index contributed by atoms with van der Waals surface area (Å²) in [6.07, 6.45) is 3.54. The Hall–Kier alpha value is -0.670. The SMILES string of the molecule is N#Cc1cc(I)c2cncc(Br)c2c1. The Kier molecular flexibility index (Phi) is 2.70. The zero-order chi connectivity index (χ0) is 10.1. The van der Waals surface area contributed by atoms with Crippen molar-refractivity contribution in [2.45, 2.75) is 0 Å². The molecule has 0 spiro atoms. The van der Waals surface area contributed by atoms with Crippen LogP contribution in [0.1, 0.15) is 5.56 Å². The molecule has 0 N–H and O–H groups in total. The minimum atomic E-state index is 0.675. The molecular formula is C10H4BrIN2. The third kappa shape index (κ3) is 1.62. The van der Waals surface area contributed by atoms with Gasteiger partial charge in [-0.05, 0) is 50.7 Å². The fraction of sp³-hybridized carbons (Fsp3) is 0. The van der Waals surface area contributed by atoms with Crippen molar-refractivity contribution in [1.29, 1.82) is 5.26 Å². The van der Waals surface area contributed by atoms with Gasteiger partial charge in [-0.15, -0.1) is 0 Å². The molecule has 0 bridgehead atoms. The molecule has 2 rings (SSSR count). The smallest absolute Gasteiger partial charge is 0.0992 e. The van der Waals surface area contributed by atoms with Gasteiger partial charge in [0, 0.05) is 31.2 Å². The lowest BCUT2D eigenvalue weighted by atomic mass is 10.1. The third-order valence-corrected chi connectivity index (χ3v) is 3.43. The fourth-order valence-corrected chi connectivity index (χ4v) is 2.47. The summed E-state index contributed by atoms with van der Waals surface area (Å²) in [6, 6.07) is 5.86. The van der Waals surface area contributed by atoms with Crippen molar-refractivity contribution in [1.82, 2.24) is 4.98 Å². The first-order valence-electron chi connectivity index (χ1n) is 3.85. The van der Waals surface area contributed by atoms with Crippen LogP contribution in [0, 0.1) is 14.9 Å². The molecule has 0 saturated heterocycles. The Morgan fingerprint density at radius 2 is 2.07 bits per heavy atom. The molecule has 1 aromatic heterocycles. The molecule has 0 aliphatic carbocycles. The summed E-state index contributed by atoms with van der Waals surface area (Å²) in [7, 11) is 0. The van der Waals surface area contributed by atoms with E-state index in [9.17, 15) is 0 Å². The minimum absolute atomic E-state index is 0.675. The Balaban J connectivity index is 2.92. The van der Waals surface area contributed by atoms with Crippen LogP contribution < -0.4 is 0 Å². The molecule has 1 heterocycles. The number of hydrogen-bond acceptors (Lipinski definition) is 2. The van der Waals surface area contributed by atoms with Crippen molar-refractivity contribution in [2.24, 2.45) is 0 Å². The van der Waals surface area contributed by atoms with Crippen LogP contribution in [0.2, 0.25) is 0 Å². The van der Waals surface area contributed by atoms with Gasteiger partial charge in [0.15, 0.2) is 0 Å². The first-order chi connectivity index (χ1) is 6.72. The molecule has 0 fully saturated rings. The van der Waals surface area contributed by atoms with E-state index in [2.05, 4.69) is 49.6 Å². The molecule has 0 atom stereocenters. The highest BCUT2D eigenvalue weighted by molar-refractivity contribution is 14.1. The largest absolute Gasteiger partial charge is 0.263 e. The average molecular weight is 359 g/mol. The van der Waals surface area contributed by atoms with Gasteiger partial charge in [0.1, 0.15) is 0 Å². The van der Waals surface area contributed by atoms with E-state index in [4.69, 9.17) is 5.26 Å². The van der Waals surface area contributed by atoms with Crippen LogP contribution in [0.15, 0.2) is 29.0 Å². The third-order valence-electron chi connectivity index (χ3n) is 1.91. The van der Waals surface area contributed by atoms with E-state index in [-0.39, 0.29) is 0 Å². The Bertz CT molecular complexity index is 546. The van der Waals surface area contributed by atoms with E-state index in [0.29, 0.717) is 5.56 Å². The average Bonchev–Trinajstić information content (AvgIpc) is 2.19. The van der Waals surface area contributed by atoms with Gasteiger partial charge >= 0.3 is 0 Å². The molecule has 0 radical (unpaired) electrons. The summed E-state index contributed by atoms with van der Waals surface area (Å²) in [6.45, 7) is 0. The van der Waals surface area contributed by atoms with Crippen molar-refractivity contribution in [2.75, 3.05) is 0 Å². The van der Waals surface area contributed by atoms with Gasteiger partial charge in [-0.2, -0.15) is 5.26 Å². The maximum Gasteiger partial charge on any atom is 0.0992 e. The number of halogens is 2. The maximum atomic E-state index is 8.83. The maximum absolute atomic E-state index is 8.83. The van der Waals surface area contributed by atoms with Crippen molar-refractivity contribution in [3.05, 3.63) is 38.1 Å². The predicted molar refractivity (Wildman–Crippen MR) is 66.9 cm³/mol. The lowest BCUT2D eigenvalue weighted by Crippen LogP contribution is -1.84.